The van der Waals surface area contributed by atoms with E-state index in [-0.39, 0.29) is 39.9 Å². The Labute approximate surface area is 216 Å². The van der Waals surface area contributed by atoms with Crippen LogP contribution in [0.3, 0.4) is 0 Å². The van der Waals surface area contributed by atoms with Gasteiger partial charge in [0, 0.05) is 48.0 Å². The average molecular weight is 558 g/mol. The molecule has 1 aliphatic rings. The Morgan fingerprint density at radius 2 is 2.00 bits per heavy atom. The lowest BCUT2D eigenvalue weighted by atomic mass is 10.1. The van der Waals surface area contributed by atoms with Gasteiger partial charge >= 0.3 is 12.3 Å². The van der Waals surface area contributed by atoms with Crippen LogP contribution in [0.15, 0.2) is 35.5 Å². The van der Waals surface area contributed by atoms with Crippen LogP contribution < -0.4 is 5.32 Å². The molecule has 4 rings (SSSR count). The summed E-state index contributed by atoms with van der Waals surface area (Å²) in [5.41, 5.74) is -1.89. The first kappa shape index (κ1) is 27.6. The summed E-state index contributed by atoms with van der Waals surface area (Å²) in [6.07, 6.45) is -2.00. The van der Waals surface area contributed by atoms with Crippen LogP contribution in [0.4, 0.5) is 28.3 Å². The van der Waals surface area contributed by atoms with Gasteiger partial charge < -0.3 is 19.9 Å². The molecule has 0 spiro atoms. The van der Waals surface area contributed by atoms with Crippen molar-refractivity contribution in [2.45, 2.75) is 56.3 Å². The van der Waals surface area contributed by atoms with Crippen LogP contribution in [0.1, 0.15) is 39.2 Å². The van der Waals surface area contributed by atoms with E-state index in [0.717, 1.165) is 12.1 Å². The number of alkyl halides is 4. The number of fused-ring (bicyclic) bond motifs is 1. The molecule has 38 heavy (non-hydrogen) atoms. The highest BCUT2D eigenvalue weighted by atomic mass is 32.2. The predicted octanol–water partition coefficient (Wildman–Crippen LogP) is 5.16. The molecular formula is C24H27F4N5O4S. The number of hydrogen-bond donors (Lipinski definition) is 2. The third-order valence-electron chi connectivity index (χ3n) is 5.91. The molecule has 1 saturated heterocycles. The number of H-pyrrole nitrogens is 1. The third kappa shape index (κ3) is 6.00. The molecule has 3 aromatic rings. The lowest BCUT2D eigenvalue weighted by Crippen LogP contribution is -2.47. The molecule has 1 amide bonds. The molecule has 2 aromatic heterocycles. The molecule has 9 nitrogen and oxygen atoms in total. The van der Waals surface area contributed by atoms with E-state index < -0.39 is 45.0 Å². The zero-order valence-electron chi connectivity index (χ0n) is 20.9. The van der Waals surface area contributed by atoms with Gasteiger partial charge in [-0.05, 0) is 45.7 Å². The molecule has 1 aromatic carbocycles. The summed E-state index contributed by atoms with van der Waals surface area (Å²) in [6, 6.07) is 1.68. The topological polar surface area (TPSA) is 117 Å². The van der Waals surface area contributed by atoms with Crippen LogP contribution in [0.25, 0.3) is 22.2 Å². The first-order valence-corrected chi connectivity index (χ1v) is 13.4. The monoisotopic (exact) mass is 557 g/mol. The number of sulfone groups is 1. The molecule has 0 aliphatic carbocycles. The highest BCUT2D eigenvalue weighted by Gasteiger charge is 2.36. The second-order valence-corrected chi connectivity index (χ2v) is 11.9. The number of nitrogens with zero attached hydrogens (tertiary/aromatic N) is 3. The number of halogens is 4. The van der Waals surface area contributed by atoms with Gasteiger partial charge in [-0.15, -0.1) is 0 Å². The minimum absolute atomic E-state index is 0.0602. The molecule has 2 N–H and O–H groups in total. The number of hydrogen-bond acceptors (Lipinski definition) is 7. The van der Waals surface area contributed by atoms with Crippen LogP contribution in [0, 0.1) is 0 Å². The summed E-state index contributed by atoms with van der Waals surface area (Å²) in [4.78, 5) is 24.5. The van der Waals surface area contributed by atoms with Gasteiger partial charge in [0.15, 0.2) is 6.01 Å². The van der Waals surface area contributed by atoms with Crippen molar-refractivity contribution in [3.05, 3.63) is 36.2 Å². The van der Waals surface area contributed by atoms with Gasteiger partial charge in [-0.25, -0.2) is 27.6 Å². The van der Waals surface area contributed by atoms with E-state index in [2.05, 4.69) is 20.3 Å². The van der Waals surface area contributed by atoms with E-state index in [4.69, 9.17) is 4.74 Å². The zero-order valence-corrected chi connectivity index (χ0v) is 21.7. The number of amides is 1. The van der Waals surface area contributed by atoms with Crippen molar-refractivity contribution in [3.8, 4) is 11.3 Å². The molecule has 0 saturated carbocycles. The second kappa shape index (κ2) is 10.0. The fraction of sp³-hybridized carbons (Fsp3) is 0.458. The van der Waals surface area contributed by atoms with E-state index in [1.165, 1.54) is 17.2 Å². The largest absolute Gasteiger partial charge is 0.444 e. The summed E-state index contributed by atoms with van der Waals surface area (Å²) in [7, 11) is -4.16. The summed E-state index contributed by atoms with van der Waals surface area (Å²) in [5.74, 6) is -0.0602. The molecule has 14 heteroatoms. The maximum Gasteiger partial charge on any atom is 0.419 e. The number of nitrogens with one attached hydrogen (secondary N) is 2. The van der Waals surface area contributed by atoms with E-state index in [9.17, 15) is 30.8 Å². The van der Waals surface area contributed by atoms with Gasteiger partial charge in [0.05, 0.1) is 10.6 Å². The molecule has 1 fully saturated rings. The third-order valence-corrected chi connectivity index (χ3v) is 7.17. The molecule has 0 radical (unpaired) electrons. The van der Waals surface area contributed by atoms with E-state index in [1.807, 2.05) is 0 Å². The molecule has 1 atom stereocenters. The maximum absolute atomic E-state index is 13.9. The van der Waals surface area contributed by atoms with E-state index in [1.54, 1.807) is 20.8 Å². The fourth-order valence-electron chi connectivity index (χ4n) is 4.19. The quantitative estimate of drug-likeness (QED) is 0.417. The van der Waals surface area contributed by atoms with Gasteiger partial charge in [0.25, 0.3) is 0 Å². The molecule has 0 bridgehead atoms. The van der Waals surface area contributed by atoms with E-state index in [0.29, 0.717) is 25.6 Å². The van der Waals surface area contributed by atoms with Crippen molar-refractivity contribution in [1.29, 1.82) is 0 Å². The van der Waals surface area contributed by atoms with Gasteiger partial charge in [-0.3, -0.25) is 0 Å². The maximum atomic E-state index is 13.9. The van der Waals surface area contributed by atoms with Crippen LogP contribution in [0.2, 0.25) is 0 Å². The molecular weight excluding hydrogens is 530 g/mol. The second-order valence-electron chi connectivity index (χ2n) is 10.00. The highest BCUT2D eigenvalue weighted by molar-refractivity contribution is 7.91. The highest BCUT2D eigenvalue weighted by Crippen LogP contribution is 2.39. The summed E-state index contributed by atoms with van der Waals surface area (Å²) in [6.45, 7) is 6.02. The number of piperidine rings is 1. The lowest BCUT2D eigenvalue weighted by molar-refractivity contribution is -0.137. The summed E-state index contributed by atoms with van der Waals surface area (Å²) < 4.78 is 83.7. The Morgan fingerprint density at radius 1 is 1.26 bits per heavy atom. The lowest BCUT2D eigenvalue weighted by Gasteiger charge is -2.34. The predicted molar refractivity (Wildman–Crippen MR) is 132 cm³/mol. The Morgan fingerprint density at radius 3 is 2.66 bits per heavy atom. The number of anilines is 1. The van der Waals surface area contributed by atoms with Gasteiger partial charge in [0.1, 0.15) is 11.2 Å². The minimum atomic E-state index is -4.77. The number of rotatable bonds is 5. The first-order valence-electron chi connectivity index (χ1n) is 11.8. The molecule has 1 aliphatic heterocycles. The normalized spacial score (nSPS) is 17.0. The van der Waals surface area contributed by atoms with Crippen molar-refractivity contribution < 1.29 is 35.5 Å². The minimum Gasteiger partial charge on any atom is -0.444 e. The average Bonchev–Trinajstić information content (AvgIpc) is 3.26. The van der Waals surface area contributed by atoms with Crippen LogP contribution in [-0.4, -0.2) is 65.1 Å². The molecule has 206 valence electrons. The van der Waals surface area contributed by atoms with Crippen LogP contribution >= 0.6 is 0 Å². The summed E-state index contributed by atoms with van der Waals surface area (Å²) in [5, 5.41) is 3.29. The number of aromatic nitrogens is 3. The Kier molecular flexibility index (Phi) is 7.30. The number of benzene rings is 1. The summed E-state index contributed by atoms with van der Waals surface area (Å²) >= 11 is 0. The first-order chi connectivity index (χ1) is 17.7. The van der Waals surface area contributed by atoms with Crippen molar-refractivity contribution in [2.24, 2.45) is 0 Å². The van der Waals surface area contributed by atoms with Crippen LogP contribution in [0.5, 0.6) is 0 Å². The Hall–Kier alpha value is -3.42. The van der Waals surface area contributed by atoms with Crippen LogP contribution in [-0.2, 0) is 20.8 Å². The molecule has 0 unspecified atom stereocenters. The van der Waals surface area contributed by atoms with Gasteiger partial charge in [-0.1, -0.05) is 6.07 Å². The van der Waals surface area contributed by atoms with Crippen molar-refractivity contribution in [3.63, 3.8) is 0 Å². The Balaban J connectivity index is 1.65. The van der Waals surface area contributed by atoms with Crippen molar-refractivity contribution >= 4 is 32.8 Å². The SMILES string of the molecule is CC(C)(C)OC(=O)N1CCC[C@H](Nc2ncc(C(F)(F)F)c(-c3c[nH]c4cc(S(=O)(=O)CF)ccc34)n2)C1. The number of likely N-dealkylation sites (tertiary alicyclic amines) is 1. The number of aromatic amines is 1. The van der Waals surface area contributed by atoms with Crippen molar-refractivity contribution in [1.82, 2.24) is 19.9 Å². The number of carbonyl (C=O) groups excluding carboxylic acids is 1. The fourth-order valence-corrected chi connectivity index (χ4v) is 4.89. The van der Waals surface area contributed by atoms with Gasteiger partial charge in [-0.2, -0.15) is 13.2 Å². The van der Waals surface area contributed by atoms with Crippen molar-refractivity contribution in [2.75, 3.05) is 24.4 Å². The standard InChI is InChI=1S/C24H27F4N5O4S/c1-23(2,3)37-22(34)33-8-4-5-14(12-33)31-21-30-11-18(24(26,27)28)20(32-21)17-10-29-19-9-15(6-7-16(17)19)38(35,36)13-25/h6-7,9-11,14,29H,4-5,8,12-13H2,1-3H3,(H,30,31,32)/t14-/m0/s1. The molecule has 3 heterocycles. The number of carbonyl (C=O) groups is 1. The number of ether oxygens (including phenoxy) is 1. The smallest absolute Gasteiger partial charge is 0.419 e. The zero-order chi connectivity index (χ0) is 27.9. The van der Waals surface area contributed by atoms with Gasteiger partial charge in [0.2, 0.25) is 15.8 Å². The van der Waals surface area contributed by atoms with E-state index >= 15 is 0 Å². The Bertz CT molecular complexity index is 1450.